The third-order valence-electron chi connectivity index (χ3n) is 4.69. The number of carbonyl (C=O) groups excluding carboxylic acids is 1. The normalized spacial score (nSPS) is 19.4. The Labute approximate surface area is 141 Å². The summed E-state index contributed by atoms with van der Waals surface area (Å²) in [6.07, 6.45) is 3.17. The highest BCUT2D eigenvalue weighted by Crippen LogP contribution is 2.34. The fourth-order valence-electron chi connectivity index (χ4n) is 3.53. The maximum atomic E-state index is 12.5. The number of aromatic carboxylic acids is 1. The number of fused-ring (bicyclic) bond motifs is 1. The van der Waals surface area contributed by atoms with Crippen LogP contribution in [0.5, 0.6) is 0 Å². The molecule has 1 aliphatic carbocycles. The van der Waals surface area contributed by atoms with Gasteiger partial charge < -0.3 is 10.4 Å². The highest BCUT2D eigenvalue weighted by Gasteiger charge is 2.33. The van der Waals surface area contributed by atoms with Crippen molar-refractivity contribution in [3.8, 4) is 0 Å². The third-order valence-corrected chi connectivity index (χ3v) is 4.69. The molecule has 3 rings (SSSR count). The van der Waals surface area contributed by atoms with Gasteiger partial charge in [0.1, 0.15) is 0 Å². The molecule has 0 bridgehead atoms. The first-order chi connectivity index (χ1) is 11.5. The fourth-order valence-corrected chi connectivity index (χ4v) is 3.53. The van der Waals surface area contributed by atoms with Crippen LogP contribution in [0.1, 0.15) is 46.8 Å². The largest absolute Gasteiger partial charge is 0.478 e. The van der Waals surface area contributed by atoms with Gasteiger partial charge in [0, 0.05) is 0 Å². The minimum Gasteiger partial charge on any atom is -0.478 e. The molecule has 0 aliphatic heterocycles. The highest BCUT2D eigenvalue weighted by atomic mass is 16.4. The zero-order valence-corrected chi connectivity index (χ0v) is 13.7. The first-order valence-electron chi connectivity index (χ1n) is 8.19. The molecule has 1 amide bonds. The van der Waals surface area contributed by atoms with Crippen molar-refractivity contribution >= 4 is 11.9 Å². The van der Waals surface area contributed by atoms with Gasteiger partial charge in [-0.1, -0.05) is 36.4 Å². The van der Waals surface area contributed by atoms with Crippen LogP contribution in [0.25, 0.3) is 0 Å². The number of rotatable bonds is 4. The van der Waals surface area contributed by atoms with Crippen LogP contribution in [0.3, 0.4) is 0 Å². The summed E-state index contributed by atoms with van der Waals surface area (Å²) < 4.78 is 0. The van der Waals surface area contributed by atoms with E-state index in [2.05, 4.69) is 24.4 Å². The van der Waals surface area contributed by atoms with Crippen molar-refractivity contribution in [2.45, 2.75) is 38.1 Å². The standard InChI is InChI=1S/C20H21NO3/c1-20(11-5-9-15-7-2-3-10-17(15)20)21-18(22)13-14-6-4-8-16(12-14)19(23)24/h2-4,6-8,10,12H,5,9,11,13H2,1H3,(H,21,22)(H,23,24). The van der Waals surface area contributed by atoms with E-state index < -0.39 is 5.97 Å². The summed E-state index contributed by atoms with van der Waals surface area (Å²) in [6.45, 7) is 2.07. The van der Waals surface area contributed by atoms with E-state index in [1.165, 1.54) is 17.2 Å². The summed E-state index contributed by atoms with van der Waals surface area (Å²) in [4.78, 5) is 23.6. The van der Waals surface area contributed by atoms with Crippen LogP contribution < -0.4 is 5.32 Å². The van der Waals surface area contributed by atoms with E-state index >= 15 is 0 Å². The molecule has 124 valence electrons. The number of carboxylic acids is 1. The fraction of sp³-hybridized carbons (Fsp3) is 0.300. The van der Waals surface area contributed by atoms with Gasteiger partial charge >= 0.3 is 5.97 Å². The lowest BCUT2D eigenvalue weighted by Gasteiger charge is -2.37. The second-order valence-corrected chi connectivity index (χ2v) is 6.57. The average molecular weight is 323 g/mol. The summed E-state index contributed by atoms with van der Waals surface area (Å²) >= 11 is 0. The van der Waals surface area contributed by atoms with Gasteiger partial charge in [-0.3, -0.25) is 4.79 Å². The van der Waals surface area contributed by atoms with E-state index in [0.29, 0.717) is 5.56 Å². The number of benzene rings is 2. The molecule has 0 spiro atoms. The molecule has 0 heterocycles. The summed E-state index contributed by atoms with van der Waals surface area (Å²) in [6, 6.07) is 14.8. The summed E-state index contributed by atoms with van der Waals surface area (Å²) in [5.41, 5.74) is 3.02. The van der Waals surface area contributed by atoms with E-state index in [0.717, 1.165) is 19.3 Å². The molecule has 1 aliphatic rings. The van der Waals surface area contributed by atoms with Crippen molar-refractivity contribution in [1.29, 1.82) is 0 Å². The predicted octanol–water partition coefficient (Wildman–Crippen LogP) is 3.30. The topological polar surface area (TPSA) is 66.4 Å². The van der Waals surface area contributed by atoms with E-state index in [-0.39, 0.29) is 23.4 Å². The van der Waals surface area contributed by atoms with Crippen LogP contribution >= 0.6 is 0 Å². The van der Waals surface area contributed by atoms with Gasteiger partial charge in [-0.2, -0.15) is 0 Å². The SMILES string of the molecule is CC1(NC(=O)Cc2cccc(C(=O)O)c2)CCCc2ccccc21. The summed E-state index contributed by atoms with van der Waals surface area (Å²) in [5, 5.41) is 12.2. The van der Waals surface area contributed by atoms with Gasteiger partial charge in [0.25, 0.3) is 0 Å². The zero-order valence-electron chi connectivity index (χ0n) is 13.7. The molecule has 1 unspecified atom stereocenters. The van der Waals surface area contributed by atoms with Crippen LogP contribution in [0.15, 0.2) is 48.5 Å². The second kappa shape index (κ2) is 6.48. The Morgan fingerprint density at radius 3 is 2.75 bits per heavy atom. The van der Waals surface area contributed by atoms with Crippen LogP contribution in [-0.4, -0.2) is 17.0 Å². The summed E-state index contributed by atoms with van der Waals surface area (Å²) in [7, 11) is 0. The van der Waals surface area contributed by atoms with Gasteiger partial charge in [-0.15, -0.1) is 0 Å². The average Bonchev–Trinajstić information content (AvgIpc) is 2.55. The van der Waals surface area contributed by atoms with Gasteiger partial charge in [0.2, 0.25) is 5.91 Å². The quantitative estimate of drug-likeness (QED) is 0.907. The molecule has 2 aromatic carbocycles. The number of nitrogens with one attached hydrogen (secondary N) is 1. The molecule has 2 N–H and O–H groups in total. The van der Waals surface area contributed by atoms with Crippen LogP contribution in [-0.2, 0) is 23.2 Å². The Hall–Kier alpha value is -2.62. The molecule has 4 heteroatoms. The maximum absolute atomic E-state index is 12.5. The number of carboxylic acid groups (broad SMARTS) is 1. The summed E-state index contributed by atoms with van der Waals surface area (Å²) in [5.74, 6) is -1.07. The Morgan fingerprint density at radius 2 is 1.96 bits per heavy atom. The Kier molecular flexibility index (Phi) is 4.38. The van der Waals surface area contributed by atoms with Crippen molar-refractivity contribution in [1.82, 2.24) is 5.32 Å². The van der Waals surface area contributed by atoms with E-state index in [4.69, 9.17) is 5.11 Å². The number of carbonyl (C=O) groups is 2. The molecule has 2 aromatic rings. The van der Waals surface area contributed by atoms with Crippen molar-refractivity contribution in [3.63, 3.8) is 0 Å². The predicted molar refractivity (Wildman–Crippen MR) is 92.0 cm³/mol. The third kappa shape index (κ3) is 3.32. The number of hydrogen-bond donors (Lipinski definition) is 2. The van der Waals surface area contributed by atoms with Crippen LogP contribution in [0.2, 0.25) is 0 Å². The molecule has 0 aromatic heterocycles. The molecular formula is C20H21NO3. The Bertz CT molecular complexity index is 784. The first-order valence-corrected chi connectivity index (χ1v) is 8.19. The van der Waals surface area contributed by atoms with Crippen molar-refractivity contribution in [3.05, 3.63) is 70.8 Å². The Balaban J connectivity index is 1.76. The van der Waals surface area contributed by atoms with Crippen LogP contribution in [0, 0.1) is 0 Å². The maximum Gasteiger partial charge on any atom is 0.335 e. The van der Waals surface area contributed by atoms with E-state index in [1.54, 1.807) is 18.2 Å². The molecular weight excluding hydrogens is 302 g/mol. The van der Waals surface area contributed by atoms with E-state index in [1.807, 2.05) is 12.1 Å². The lowest BCUT2D eigenvalue weighted by molar-refractivity contribution is -0.122. The molecule has 1 atom stereocenters. The number of amides is 1. The van der Waals surface area contributed by atoms with Crippen molar-refractivity contribution in [2.24, 2.45) is 0 Å². The lowest BCUT2D eigenvalue weighted by Crippen LogP contribution is -2.46. The van der Waals surface area contributed by atoms with Gasteiger partial charge in [-0.25, -0.2) is 4.79 Å². The van der Waals surface area contributed by atoms with Gasteiger partial charge in [-0.05, 0) is 55.0 Å². The molecule has 24 heavy (non-hydrogen) atoms. The van der Waals surface area contributed by atoms with Crippen molar-refractivity contribution in [2.75, 3.05) is 0 Å². The van der Waals surface area contributed by atoms with Gasteiger partial charge in [0.05, 0.1) is 17.5 Å². The molecule has 0 saturated heterocycles. The molecule has 0 saturated carbocycles. The minimum absolute atomic E-state index is 0.0864. The van der Waals surface area contributed by atoms with Gasteiger partial charge in [0.15, 0.2) is 0 Å². The second-order valence-electron chi connectivity index (χ2n) is 6.57. The lowest BCUT2D eigenvalue weighted by atomic mass is 9.77. The number of hydrogen-bond acceptors (Lipinski definition) is 2. The molecule has 0 fully saturated rings. The zero-order chi connectivity index (χ0) is 17.2. The van der Waals surface area contributed by atoms with Crippen molar-refractivity contribution < 1.29 is 14.7 Å². The monoisotopic (exact) mass is 323 g/mol. The minimum atomic E-state index is -0.981. The highest BCUT2D eigenvalue weighted by molar-refractivity contribution is 5.88. The number of aryl methyl sites for hydroxylation is 1. The van der Waals surface area contributed by atoms with E-state index in [9.17, 15) is 9.59 Å². The Morgan fingerprint density at radius 1 is 1.17 bits per heavy atom. The smallest absolute Gasteiger partial charge is 0.335 e. The van der Waals surface area contributed by atoms with Crippen LogP contribution in [0.4, 0.5) is 0 Å². The molecule has 4 nitrogen and oxygen atoms in total. The first kappa shape index (κ1) is 16.2. The molecule has 0 radical (unpaired) electrons.